The van der Waals surface area contributed by atoms with Crippen LogP contribution in [0.4, 0.5) is 0 Å². The summed E-state index contributed by atoms with van der Waals surface area (Å²) in [7, 11) is 3.43. The Bertz CT molecular complexity index is 355. The molecule has 0 aliphatic carbocycles. The summed E-state index contributed by atoms with van der Waals surface area (Å²) in [6, 6.07) is 1.61. The Morgan fingerprint density at radius 3 is 2.67 bits per heavy atom. The molecule has 1 heterocycles. The van der Waals surface area contributed by atoms with E-state index in [1.165, 1.54) is 4.90 Å². The fraction of sp³-hybridized carbons (Fsp3) is 0.545. The third-order valence-electron chi connectivity index (χ3n) is 2.38. The second-order valence-electron chi connectivity index (χ2n) is 3.83. The van der Waals surface area contributed by atoms with E-state index in [1.54, 1.807) is 27.1 Å². The first-order chi connectivity index (χ1) is 6.97. The minimum atomic E-state index is -0.132. The monoisotopic (exact) mass is 210 g/mol. The molecule has 1 atom stereocenters. The van der Waals surface area contributed by atoms with Gasteiger partial charge >= 0.3 is 0 Å². The van der Waals surface area contributed by atoms with Gasteiger partial charge in [0.15, 0.2) is 0 Å². The van der Waals surface area contributed by atoms with Crippen LogP contribution >= 0.6 is 0 Å². The topological polar surface area (TPSA) is 59.5 Å². The lowest BCUT2D eigenvalue weighted by Gasteiger charge is -2.08. The zero-order valence-electron chi connectivity index (χ0n) is 9.70. The molecular formula is C11H18N2O2. The Labute approximate surface area is 90.0 Å². The molecule has 2 N–H and O–H groups in total. The second-order valence-corrected chi connectivity index (χ2v) is 3.83. The summed E-state index contributed by atoms with van der Waals surface area (Å²) in [6.45, 7) is 3.76. The van der Waals surface area contributed by atoms with E-state index in [2.05, 4.69) is 0 Å². The number of aryl methyl sites for hydroxylation is 1. The molecule has 15 heavy (non-hydrogen) atoms. The summed E-state index contributed by atoms with van der Waals surface area (Å²) < 4.78 is 5.47. The molecule has 84 valence electrons. The molecule has 0 spiro atoms. The van der Waals surface area contributed by atoms with E-state index in [0.29, 0.717) is 17.1 Å². The minimum Gasteiger partial charge on any atom is -0.464 e. The number of nitrogens with two attached hydrogens (primary N) is 1. The predicted molar refractivity (Wildman–Crippen MR) is 58.7 cm³/mol. The van der Waals surface area contributed by atoms with Gasteiger partial charge in [-0.2, -0.15) is 0 Å². The number of hydrogen-bond acceptors (Lipinski definition) is 3. The molecule has 0 bridgehead atoms. The Morgan fingerprint density at radius 2 is 2.20 bits per heavy atom. The second kappa shape index (κ2) is 4.49. The van der Waals surface area contributed by atoms with Crippen molar-refractivity contribution in [2.24, 2.45) is 5.73 Å². The van der Waals surface area contributed by atoms with Gasteiger partial charge in [-0.1, -0.05) is 6.92 Å². The fourth-order valence-corrected chi connectivity index (χ4v) is 1.34. The van der Waals surface area contributed by atoms with Gasteiger partial charge in [-0.3, -0.25) is 4.79 Å². The van der Waals surface area contributed by atoms with Crippen LogP contribution in [-0.4, -0.2) is 24.9 Å². The molecule has 1 rings (SSSR count). The van der Waals surface area contributed by atoms with Gasteiger partial charge in [-0.25, -0.2) is 0 Å². The lowest BCUT2D eigenvalue weighted by atomic mass is 10.1. The van der Waals surface area contributed by atoms with Gasteiger partial charge in [0.05, 0.1) is 11.6 Å². The summed E-state index contributed by atoms with van der Waals surface area (Å²) in [5, 5.41) is 0. The standard InChI is InChI=1S/C11H18N2O2/c1-5-9(12)10-6-8(7(2)15-10)11(14)13(3)4/h6,9H,5,12H2,1-4H3/t9-/m1/s1. The summed E-state index contributed by atoms with van der Waals surface area (Å²) >= 11 is 0. The van der Waals surface area contributed by atoms with Crippen LogP contribution in [0.25, 0.3) is 0 Å². The highest BCUT2D eigenvalue weighted by Crippen LogP contribution is 2.21. The molecule has 0 unspecified atom stereocenters. The average Bonchev–Trinajstić information content (AvgIpc) is 2.57. The maximum atomic E-state index is 11.7. The van der Waals surface area contributed by atoms with Gasteiger partial charge in [0.2, 0.25) is 0 Å². The van der Waals surface area contributed by atoms with E-state index >= 15 is 0 Å². The zero-order chi connectivity index (χ0) is 11.6. The largest absolute Gasteiger partial charge is 0.464 e. The average molecular weight is 210 g/mol. The number of hydrogen-bond donors (Lipinski definition) is 1. The molecule has 4 nitrogen and oxygen atoms in total. The van der Waals surface area contributed by atoms with Gasteiger partial charge < -0.3 is 15.1 Å². The van der Waals surface area contributed by atoms with Crippen molar-refractivity contribution in [1.82, 2.24) is 4.90 Å². The number of rotatable bonds is 3. The first-order valence-electron chi connectivity index (χ1n) is 5.05. The number of nitrogens with zero attached hydrogens (tertiary/aromatic N) is 1. The van der Waals surface area contributed by atoms with Crippen molar-refractivity contribution in [2.45, 2.75) is 26.3 Å². The van der Waals surface area contributed by atoms with E-state index in [-0.39, 0.29) is 11.9 Å². The van der Waals surface area contributed by atoms with Crippen molar-refractivity contribution in [3.05, 3.63) is 23.2 Å². The number of carbonyl (C=O) groups is 1. The maximum absolute atomic E-state index is 11.7. The van der Waals surface area contributed by atoms with Crippen LogP contribution in [-0.2, 0) is 0 Å². The lowest BCUT2D eigenvalue weighted by Crippen LogP contribution is -2.21. The Morgan fingerprint density at radius 1 is 1.60 bits per heavy atom. The van der Waals surface area contributed by atoms with Gasteiger partial charge in [0, 0.05) is 14.1 Å². The fourth-order valence-electron chi connectivity index (χ4n) is 1.34. The van der Waals surface area contributed by atoms with Crippen LogP contribution in [0.1, 0.15) is 41.3 Å². The number of carbonyl (C=O) groups excluding carboxylic acids is 1. The van der Waals surface area contributed by atoms with E-state index < -0.39 is 0 Å². The van der Waals surface area contributed by atoms with E-state index in [0.717, 1.165) is 6.42 Å². The molecule has 1 aromatic rings. The molecule has 4 heteroatoms. The molecule has 1 aromatic heterocycles. The third kappa shape index (κ3) is 2.39. The van der Waals surface area contributed by atoms with E-state index in [1.807, 2.05) is 6.92 Å². The summed E-state index contributed by atoms with van der Waals surface area (Å²) in [6.07, 6.45) is 0.794. The van der Waals surface area contributed by atoms with Crippen LogP contribution < -0.4 is 5.73 Å². The molecule has 1 amide bonds. The quantitative estimate of drug-likeness (QED) is 0.826. The van der Waals surface area contributed by atoms with Crippen molar-refractivity contribution in [1.29, 1.82) is 0 Å². The Kier molecular flexibility index (Phi) is 3.52. The predicted octanol–water partition coefficient (Wildman–Crippen LogP) is 1.70. The Hall–Kier alpha value is -1.29. The Balaban J connectivity index is 3.01. The number of furan rings is 1. The molecule has 0 radical (unpaired) electrons. The maximum Gasteiger partial charge on any atom is 0.256 e. The smallest absolute Gasteiger partial charge is 0.256 e. The summed E-state index contributed by atoms with van der Waals surface area (Å²) in [4.78, 5) is 13.2. The summed E-state index contributed by atoms with van der Waals surface area (Å²) in [5.74, 6) is 1.26. The van der Waals surface area contributed by atoms with Crippen LogP contribution in [0.5, 0.6) is 0 Å². The highest BCUT2D eigenvalue weighted by atomic mass is 16.3. The van der Waals surface area contributed by atoms with Crippen molar-refractivity contribution in [3.63, 3.8) is 0 Å². The van der Waals surface area contributed by atoms with E-state index in [9.17, 15) is 4.79 Å². The zero-order valence-corrected chi connectivity index (χ0v) is 9.70. The first kappa shape index (κ1) is 11.8. The van der Waals surface area contributed by atoms with E-state index in [4.69, 9.17) is 10.2 Å². The normalized spacial score (nSPS) is 12.6. The van der Waals surface area contributed by atoms with Crippen LogP contribution in [0.2, 0.25) is 0 Å². The first-order valence-corrected chi connectivity index (χ1v) is 5.05. The van der Waals surface area contributed by atoms with Crippen LogP contribution in [0.3, 0.4) is 0 Å². The van der Waals surface area contributed by atoms with Gasteiger partial charge in [-0.15, -0.1) is 0 Å². The lowest BCUT2D eigenvalue weighted by molar-refractivity contribution is 0.0826. The molecular weight excluding hydrogens is 192 g/mol. The molecule has 0 saturated carbocycles. The third-order valence-corrected chi connectivity index (χ3v) is 2.38. The van der Waals surface area contributed by atoms with Gasteiger partial charge in [0.25, 0.3) is 5.91 Å². The SMILES string of the molecule is CC[C@@H](N)c1cc(C(=O)N(C)C)c(C)o1. The minimum absolute atomic E-state index is 0.0502. The van der Waals surface area contributed by atoms with Gasteiger partial charge in [0.1, 0.15) is 11.5 Å². The molecule has 0 saturated heterocycles. The molecule has 0 aliphatic heterocycles. The van der Waals surface area contributed by atoms with Crippen molar-refractivity contribution < 1.29 is 9.21 Å². The van der Waals surface area contributed by atoms with Crippen LogP contribution in [0, 0.1) is 6.92 Å². The van der Waals surface area contributed by atoms with Crippen molar-refractivity contribution in [2.75, 3.05) is 14.1 Å². The molecule has 0 fully saturated rings. The van der Waals surface area contributed by atoms with Crippen molar-refractivity contribution in [3.8, 4) is 0 Å². The molecule has 0 aliphatic rings. The van der Waals surface area contributed by atoms with Crippen molar-refractivity contribution >= 4 is 5.91 Å². The summed E-state index contributed by atoms with van der Waals surface area (Å²) in [5.41, 5.74) is 6.43. The highest BCUT2D eigenvalue weighted by molar-refractivity contribution is 5.94. The number of amides is 1. The highest BCUT2D eigenvalue weighted by Gasteiger charge is 2.18. The van der Waals surface area contributed by atoms with Crippen LogP contribution in [0.15, 0.2) is 10.5 Å². The molecule has 0 aromatic carbocycles. The van der Waals surface area contributed by atoms with Gasteiger partial charge in [-0.05, 0) is 19.4 Å².